The molecule has 1 heterocycles. The number of ether oxygens (including phenoxy) is 1. The molecule has 0 aliphatic rings. The SMILES string of the molecule is CSc1cccc(NC(=O)COC(=O)c2nn(C)c(=O)c3ccccc23)c1. The van der Waals surface area contributed by atoms with Crippen molar-refractivity contribution in [3.63, 3.8) is 0 Å². The van der Waals surface area contributed by atoms with Gasteiger partial charge in [0, 0.05) is 23.0 Å². The Kier molecular flexibility index (Phi) is 5.56. The molecule has 3 aromatic rings. The van der Waals surface area contributed by atoms with Crippen LogP contribution in [-0.4, -0.2) is 34.5 Å². The van der Waals surface area contributed by atoms with E-state index in [1.165, 1.54) is 7.05 Å². The Bertz CT molecular complexity index is 1080. The highest BCUT2D eigenvalue weighted by atomic mass is 32.2. The van der Waals surface area contributed by atoms with Gasteiger partial charge in [-0.3, -0.25) is 9.59 Å². The van der Waals surface area contributed by atoms with Crippen LogP contribution in [0.4, 0.5) is 5.69 Å². The lowest BCUT2D eigenvalue weighted by atomic mass is 10.1. The van der Waals surface area contributed by atoms with Gasteiger partial charge in [0.15, 0.2) is 12.3 Å². The molecule has 0 aliphatic heterocycles. The van der Waals surface area contributed by atoms with E-state index in [0.717, 1.165) is 9.58 Å². The van der Waals surface area contributed by atoms with Crippen LogP contribution in [-0.2, 0) is 16.6 Å². The normalized spacial score (nSPS) is 10.6. The molecule has 0 atom stereocenters. The van der Waals surface area contributed by atoms with Gasteiger partial charge >= 0.3 is 5.97 Å². The maximum Gasteiger partial charge on any atom is 0.359 e. The van der Waals surface area contributed by atoms with Gasteiger partial charge in [0.25, 0.3) is 11.5 Å². The molecule has 27 heavy (non-hydrogen) atoms. The largest absolute Gasteiger partial charge is 0.451 e. The molecule has 0 spiro atoms. The number of benzene rings is 2. The Morgan fingerprint density at radius 2 is 1.89 bits per heavy atom. The Hall–Kier alpha value is -3.13. The highest BCUT2D eigenvalue weighted by Crippen LogP contribution is 2.19. The summed E-state index contributed by atoms with van der Waals surface area (Å²) in [5.41, 5.74) is 0.298. The molecule has 0 fully saturated rings. The van der Waals surface area contributed by atoms with E-state index in [9.17, 15) is 14.4 Å². The number of aryl methyl sites for hydroxylation is 1. The molecule has 138 valence electrons. The van der Waals surface area contributed by atoms with Crippen LogP contribution in [0.2, 0.25) is 0 Å². The standard InChI is InChI=1S/C19H17N3O4S/c1-22-18(24)15-9-4-3-8-14(15)17(21-22)19(25)26-11-16(23)20-12-6-5-7-13(10-12)27-2/h3-10H,11H2,1-2H3,(H,20,23). The number of nitrogens with one attached hydrogen (secondary N) is 1. The lowest BCUT2D eigenvalue weighted by Gasteiger charge is -2.09. The molecule has 2 aromatic carbocycles. The van der Waals surface area contributed by atoms with Gasteiger partial charge in [-0.25, -0.2) is 9.48 Å². The van der Waals surface area contributed by atoms with Gasteiger partial charge in [0.2, 0.25) is 0 Å². The molecule has 3 rings (SSSR count). The summed E-state index contributed by atoms with van der Waals surface area (Å²) in [7, 11) is 1.46. The van der Waals surface area contributed by atoms with E-state index >= 15 is 0 Å². The van der Waals surface area contributed by atoms with Gasteiger partial charge in [-0.1, -0.05) is 24.3 Å². The average molecular weight is 383 g/mol. The van der Waals surface area contributed by atoms with E-state index in [0.29, 0.717) is 16.5 Å². The topological polar surface area (TPSA) is 90.3 Å². The molecular formula is C19H17N3O4S. The maximum atomic E-state index is 12.4. The van der Waals surface area contributed by atoms with Crippen LogP contribution in [0.25, 0.3) is 10.8 Å². The first-order chi connectivity index (χ1) is 13.0. The van der Waals surface area contributed by atoms with Crippen molar-refractivity contribution < 1.29 is 14.3 Å². The van der Waals surface area contributed by atoms with Crippen LogP contribution in [0.3, 0.4) is 0 Å². The highest BCUT2D eigenvalue weighted by Gasteiger charge is 2.18. The molecule has 0 unspecified atom stereocenters. The number of amides is 1. The quantitative estimate of drug-likeness (QED) is 0.538. The van der Waals surface area contributed by atoms with Crippen molar-refractivity contribution in [2.45, 2.75) is 4.90 Å². The van der Waals surface area contributed by atoms with Crippen molar-refractivity contribution in [3.05, 3.63) is 64.6 Å². The summed E-state index contributed by atoms with van der Waals surface area (Å²) in [5.74, 6) is -1.23. The first kappa shape index (κ1) is 18.7. The van der Waals surface area contributed by atoms with Crippen molar-refractivity contribution in [1.82, 2.24) is 9.78 Å². The predicted octanol–water partition coefficient (Wildman–Crippen LogP) is 2.45. The minimum absolute atomic E-state index is 0.00937. The second-order valence-corrected chi connectivity index (χ2v) is 6.56. The van der Waals surface area contributed by atoms with Crippen molar-refractivity contribution in [1.29, 1.82) is 0 Å². The third kappa shape index (κ3) is 4.17. The minimum atomic E-state index is -0.769. The summed E-state index contributed by atoms with van der Waals surface area (Å²) in [6.07, 6.45) is 1.94. The summed E-state index contributed by atoms with van der Waals surface area (Å²) in [5, 5.41) is 7.41. The van der Waals surface area contributed by atoms with Crippen LogP contribution in [0.15, 0.2) is 58.2 Å². The monoisotopic (exact) mass is 383 g/mol. The Labute approximate surface area is 159 Å². The van der Waals surface area contributed by atoms with E-state index in [1.807, 2.05) is 24.5 Å². The van der Waals surface area contributed by atoms with Gasteiger partial charge in [0.1, 0.15) is 0 Å². The Balaban J connectivity index is 1.73. The zero-order valence-corrected chi connectivity index (χ0v) is 15.6. The fraction of sp³-hybridized carbons (Fsp3) is 0.158. The number of carbonyl (C=O) groups is 2. The number of anilines is 1. The fourth-order valence-electron chi connectivity index (χ4n) is 2.55. The van der Waals surface area contributed by atoms with Crippen molar-refractivity contribution >= 4 is 40.1 Å². The van der Waals surface area contributed by atoms with Crippen LogP contribution in [0.1, 0.15) is 10.5 Å². The number of carbonyl (C=O) groups excluding carboxylic acids is 2. The number of hydrogen-bond donors (Lipinski definition) is 1. The van der Waals surface area contributed by atoms with E-state index in [-0.39, 0.29) is 11.3 Å². The maximum absolute atomic E-state index is 12.4. The average Bonchev–Trinajstić information content (AvgIpc) is 2.69. The first-order valence-corrected chi connectivity index (χ1v) is 9.29. The van der Waals surface area contributed by atoms with E-state index in [4.69, 9.17) is 4.74 Å². The van der Waals surface area contributed by atoms with E-state index in [1.54, 1.807) is 42.1 Å². The zero-order chi connectivity index (χ0) is 19.4. The van der Waals surface area contributed by atoms with Crippen molar-refractivity contribution in [3.8, 4) is 0 Å². The number of rotatable bonds is 5. The number of aromatic nitrogens is 2. The summed E-state index contributed by atoms with van der Waals surface area (Å²) in [4.78, 5) is 37.6. The molecule has 0 saturated carbocycles. The van der Waals surface area contributed by atoms with Gasteiger partial charge in [-0.15, -0.1) is 11.8 Å². The van der Waals surface area contributed by atoms with E-state index < -0.39 is 18.5 Å². The summed E-state index contributed by atoms with van der Waals surface area (Å²) in [6, 6.07) is 14.0. The molecule has 0 bridgehead atoms. The van der Waals surface area contributed by atoms with Gasteiger partial charge in [-0.2, -0.15) is 5.10 Å². The smallest absolute Gasteiger partial charge is 0.359 e. The second-order valence-electron chi connectivity index (χ2n) is 5.68. The third-order valence-electron chi connectivity index (χ3n) is 3.84. The highest BCUT2D eigenvalue weighted by molar-refractivity contribution is 7.98. The number of nitrogens with zero attached hydrogens (tertiary/aromatic N) is 2. The molecule has 7 nitrogen and oxygen atoms in total. The van der Waals surface area contributed by atoms with Crippen LogP contribution in [0, 0.1) is 0 Å². The third-order valence-corrected chi connectivity index (χ3v) is 4.56. The number of thioether (sulfide) groups is 1. The lowest BCUT2D eigenvalue weighted by Crippen LogP contribution is -2.26. The fourth-order valence-corrected chi connectivity index (χ4v) is 3.01. The first-order valence-electron chi connectivity index (χ1n) is 8.06. The Morgan fingerprint density at radius 1 is 1.15 bits per heavy atom. The lowest BCUT2D eigenvalue weighted by molar-refractivity contribution is -0.119. The molecule has 1 N–H and O–H groups in total. The van der Waals surface area contributed by atoms with Gasteiger partial charge < -0.3 is 10.1 Å². The molecule has 8 heteroatoms. The second kappa shape index (κ2) is 8.05. The molecular weight excluding hydrogens is 366 g/mol. The summed E-state index contributed by atoms with van der Waals surface area (Å²) in [6.45, 7) is -0.457. The molecule has 0 radical (unpaired) electrons. The van der Waals surface area contributed by atoms with Crippen molar-refractivity contribution in [2.24, 2.45) is 7.05 Å². The summed E-state index contributed by atoms with van der Waals surface area (Å²) >= 11 is 1.56. The Morgan fingerprint density at radius 3 is 2.63 bits per heavy atom. The van der Waals surface area contributed by atoms with Crippen LogP contribution >= 0.6 is 11.8 Å². The molecule has 1 amide bonds. The molecule has 0 aliphatic carbocycles. The zero-order valence-electron chi connectivity index (χ0n) is 14.8. The van der Waals surface area contributed by atoms with Crippen LogP contribution < -0.4 is 10.9 Å². The number of hydrogen-bond acceptors (Lipinski definition) is 6. The summed E-state index contributed by atoms with van der Waals surface area (Å²) < 4.78 is 6.16. The van der Waals surface area contributed by atoms with Crippen molar-refractivity contribution in [2.75, 3.05) is 18.2 Å². The van der Waals surface area contributed by atoms with Crippen LogP contribution in [0.5, 0.6) is 0 Å². The van der Waals surface area contributed by atoms with Gasteiger partial charge in [0.05, 0.1) is 5.39 Å². The molecule has 0 saturated heterocycles. The van der Waals surface area contributed by atoms with Gasteiger partial charge in [-0.05, 0) is 30.5 Å². The molecule has 1 aromatic heterocycles. The number of esters is 1. The predicted molar refractivity (Wildman–Crippen MR) is 104 cm³/mol. The van der Waals surface area contributed by atoms with E-state index in [2.05, 4.69) is 10.4 Å². The minimum Gasteiger partial charge on any atom is -0.451 e. The number of fused-ring (bicyclic) bond motifs is 1.